The quantitative estimate of drug-likeness (QED) is 0.845. The van der Waals surface area contributed by atoms with E-state index in [1.807, 2.05) is 32.0 Å². The second-order valence-corrected chi connectivity index (χ2v) is 5.18. The summed E-state index contributed by atoms with van der Waals surface area (Å²) in [6, 6.07) is 6.02. The van der Waals surface area contributed by atoms with E-state index in [2.05, 4.69) is 26.6 Å². The van der Waals surface area contributed by atoms with Crippen molar-refractivity contribution in [3.05, 3.63) is 28.2 Å². The van der Waals surface area contributed by atoms with Gasteiger partial charge in [0.25, 0.3) is 0 Å². The molecule has 0 aliphatic carbocycles. The Balaban J connectivity index is 2.52. The number of halogens is 1. The van der Waals surface area contributed by atoms with Gasteiger partial charge in [-0.05, 0) is 18.2 Å². The van der Waals surface area contributed by atoms with Crippen LogP contribution < -0.4 is 15.4 Å². The van der Waals surface area contributed by atoms with E-state index in [0.29, 0.717) is 19.1 Å². The van der Waals surface area contributed by atoms with Gasteiger partial charge in [0.05, 0.1) is 13.7 Å². The Morgan fingerprint density at radius 1 is 1.44 bits per heavy atom. The van der Waals surface area contributed by atoms with Crippen molar-refractivity contribution in [1.29, 1.82) is 0 Å². The molecule has 0 unspecified atom stereocenters. The third-order valence-corrected chi connectivity index (χ3v) is 2.88. The van der Waals surface area contributed by atoms with Gasteiger partial charge in [0.1, 0.15) is 5.75 Å². The molecule has 0 atom stereocenters. The number of ether oxygens (including phenoxy) is 1. The Morgan fingerprint density at radius 2 is 2.17 bits per heavy atom. The highest BCUT2D eigenvalue weighted by atomic mass is 79.9. The number of benzene rings is 1. The monoisotopic (exact) mass is 314 g/mol. The molecular weight excluding hydrogens is 296 g/mol. The second kappa shape index (κ2) is 7.38. The van der Waals surface area contributed by atoms with E-state index in [0.717, 1.165) is 15.8 Å². The fraction of sp³-hybridized carbons (Fsp3) is 0.462. The van der Waals surface area contributed by atoms with Gasteiger partial charge < -0.3 is 15.4 Å². The van der Waals surface area contributed by atoms with Crippen LogP contribution in [0, 0.1) is 0 Å². The van der Waals surface area contributed by atoms with Crippen molar-refractivity contribution in [2.75, 3.05) is 13.7 Å². The van der Waals surface area contributed by atoms with Crippen LogP contribution >= 0.6 is 15.9 Å². The summed E-state index contributed by atoms with van der Waals surface area (Å²) >= 11 is 3.40. The molecule has 0 bridgehead atoms. The van der Waals surface area contributed by atoms with Gasteiger partial charge in [-0.25, -0.2) is 0 Å². The van der Waals surface area contributed by atoms with Gasteiger partial charge in [-0.3, -0.25) is 4.79 Å². The lowest BCUT2D eigenvalue weighted by atomic mass is 10.2. The zero-order chi connectivity index (χ0) is 13.5. The molecule has 0 radical (unpaired) electrons. The average molecular weight is 315 g/mol. The Bertz CT molecular complexity index is 408. The van der Waals surface area contributed by atoms with Crippen LogP contribution in [0.15, 0.2) is 22.7 Å². The molecule has 5 heteroatoms. The van der Waals surface area contributed by atoms with Crippen LogP contribution in [0.25, 0.3) is 0 Å². The normalized spacial score (nSPS) is 10.5. The molecule has 18 heavy (non-hydrogen) atoms. The van der Waals surface area contributed by atoms with Crippen LogP contribution in [-0.2, 0) is 11.3 Å². The van der Waals surface area contributed by atoms with Gasteiger partial charge in [-0.1, -0.05) is 29.8 Å². The van der Waals surface area contributed by atoms with E-state index in [4.69, 9.17) is 4.74 Å². The molecule has 0 aliphatic heterocycles. The van der Waals surface area contributed by atoms with Gasteiger partial charge in [0.2, 0.25) is 5.91 Å². The number of nitrogens with one attached hydrogen (secondary N) is 2. The Morgan fingerprint density at radius 3 is 2.78 bits per heavy atom. The summed E-state index contributed by atoms with van der Waals surface area (Å²) in [6.07, 6.45) is 0. The number of rotatable bonds is 6. The van der Waals surface area contributed by atoms with Gasteiger partial charge in [-0.2, -0.15) is 0 Å². The zero-order valence-corrected chi connectivity index (χ0v) is 12.5. The smallest absolute Gasteiger partial charge is 0.234 e. The van der Waals surface area contributed by atoms with E-state index < -0.39 is 0 Å². The minimum absolute atomic E-state index is 0.0225. The molecule has 0 saturated heterocycles. The van der Waals surface area contributed by atoms with Gasteiger partial charge >= 0.3 is 0 Å². The topological polar surface area (TPSA) is 50.4 Å². The summed E-state index contributed by atoms with van der Waals surface area (Å²) in [5.41, 5.74) is 0.949. The highest BCUT2D eigenvalue weighted by Crippen LogP contribution is 2.22. The third kappa shape index (κ3) is 5.06. The summed E-state index contributed by atoms with van der Waals surface area (Å²) in [5, 5.41) is 5.92. The molecular formula is C13H19BrN2O2. The fourth-order valence-corrected chi connectivity index (χ4v) is 1.85. The van der Waals surface area contributed by atoms with E-state index in [1.54, 1.807) is 7.11 Å². The van der Waals surface area contributed by atoms with Crippen molar-refractivity contribution in [1.82, 2.24) is 10.6 Å². The van der Waals surface area contributed by atoms with E-state index in [-0.39, 0.29) is 5.91 Å². The first-order chi connectivity index (χ1) is 8.52. The Labute approximate surface area is 116 Å². The molecule has 0 fully saturated rings. The van der Waals surface area contributed by atoms with Gasteiger partial charge in [0.15, 0.2) is 0 Å². The number of carbonyl (C=O) groups excluding carboxylic acids is 1. The van der Waals surface area contributed by atoms with Crippen molar-refractivity contribution in [2.45, 2.75) is 26.4 Å². The largest absolute Gasteiger partial charge is 0.496 e. The molecule has 0 heterocycles. The highest BCUT2D eigenvalue weighted by molar-refractivity contribution is 9.10. The molecule has 100 valence electrons. The maximum atomic E-state index is 11.6. The van der Waals surface area contributed by atoms with Crippen LogP contribution in [0.4, 0.5) is 0 Å². The van der Waals surface area contributed by atoms with Crippen molar-refractivity contribution < 1.29 is 9.53 Å². The van der Waals surface area contributed by atoms with Crippen molar-refractivity contribution in [3.8, 4) is 5.75 Å². The summed E-state index contributed by atoms with van der Waals surface area (Å²) in [7, 11) is 1.62. The molecule has 0 aliphatic rings. The predicted octanol–water partition coefficient (Wildman–Crippen LogP) is 2.07. The van der Waals surface area contributed by atoms with Crippen LogP contribution in [0.1, 0.15) is 19.4 Å². The van der Waals surface area contributed by atoms with Crippen molar-refractivity contribution in [3.63, 3.8) is 0 Å². The predicted molar refractivity (Wildman–Crippen MR) is 75.7 cm³/mol. The Kier molecular flexibility index (Phi) is 6.15. The number of amides is 1. The zero-order valence-electron chi connectivity index (χ0n) is 10.9. The fourth-order valence-electron chi connectivity index (χ4n) is 1.44. The van der Waals surface area contributed by atoms with E-state index in [1.165, 1.54) is 0 Å². The molecule has 1 aromatic rings. The van der Waals surface area contributed by atoms with Crippen LogP contribution in [-0.4, -0.2) is 25.6 Å². The van der Waals surface area contributed by atoms with Crippen LogP contribution in [0.5, 0.6) is 5.75 Å². The second-order valence-electron chi connectivity index (χ2n) is 4.27. The third-order valence-electron chi connectivity index (χ3n) is 2.39. The number of carbonyl (C=O) groups is 1. The summed E-state index contributed by atoms with van der Waals surface area (Å²) in [4.78, 5) is 11.6. The molecule has 1 rings (SSSR count). The van der Waals surface area contributed by atoms with E-state index >= 15 is 0 Å². The minimum Gasteiger partial charge on any atom is -0.496 e. The first kappa shape index (κ1) is 15.0. The number of hydrogen-bond donors (Lipinski definition) is 2. The lowest BCUT2D eigenvalue weighted by molar-refractivity contribution is -0.120. The first-order valence-corrected chi connectivity index (χ1v) is 6.64. The molecule has 1 aromatic carbocycles. The van der Waals surface area contributed by atoms with Gasteiger partial charge in [-0.15, -0.1) is 0 Å². The molecule has 2 N–H and O–H groups in total. The maximum Gasteiger partial charge on any atom is 0.234 e. The summed E-state index contributed by atoms with van der Waals surface area (Å²) in [5.74, 6) is 0.751. The standard InChI is InChI=1S/C13H19BrN2O2/c1-9(2)15-8-13(17)16-7-10-6-11(14)4-5-12(10)18-3/h4-6,9,15H,7-8H2,1-3H3,(H,16,17). The summed E-state index contributed by atoms with van der Waals surface area (Å²) < 4.78 is 6.21. The number of hydrogen-bond acceptors (Lipinski definition) is 3. The minimum atomic E-state index is -0.0225. The summed E-state index contributed by atoms with van der Waals surface area (Å²) in [6.45, 7) is 4.80. The molecule has 0 aromatic heterocycles. The highest BCUT2D eigenvalue weighted by Gasteiger charge is 2.06. The van der Waals surface area contributed by atoms with E-state index in [9.17, 15) is 4.79 Å². The Hall–Kier alpha value is -1.07. The van der Waals surface area contributed by atoms with Crippen LogP contribution in [0.2, 0.25) is 0 Å². The van der Waals surface area contributed by atoms with Crippen molar-refractivity contribution in [2.24, 2.45) is 0 Å². The SMILES string of the molecule is COc1ccc(Br)cc1CNC(=O)CNC(C)C. The lowest BCUT2D eigenvalue weighted by Crippen LogP contribution is -2.36. The number of methoxy groups -OCH3 is 1. The lowest BCUT2D eigenvalue weighted by Gasteiger charge is -2.11. The van der Waals surface area contributed by atoms with Crippen molar-refractivity contribution >= 4 is 21.8 Å². The molecule has 4 nitrogen and oxygen atoms in total. The molecule has 1 amide bonds. The maximum absolute atomic E-state index is 11.6. The first-order valence-electron chi connectivity index (χ1n) is 5.85. The molecule has 0 saturated carbocycles. The average Bonchev–Trinajstić information content (AvgIpc) is 2.34. The van der Waals surface area contributed by atoms with Gasteiger partial charge in [0, 0.05) is 22.6 Å². The van der Waals surface area contributed by atoms with Crippen LogP contribution in [0.3, 0.4) is 0 Å². The molecule has 0 spiro atoms.